The van der Waals surface area contributed by atoms with Crippen molar-refractivity contribution in [2.45, 2.75) is 65.3 Å². The zero-order valence-electron chi connectivity index (χ0n) is 12.5. The summed E-state index contributed by atoms with van der Waals surface area (Å²) in [5.41, 5.74) is 0.417. The third-order valence-electron chi connectivity index (χ3n) is 4.21. The molecule has 0 aromatic heterocycles. The van der Waals surface area contributed by atoms with E-state index in [1.807, 2.05) is 0 Å². The lowest BCUT2D eigenvalue weighted by Gasteiger charge is -2.37. The highest BCUT2D eigenvalue weighted by atomic mass is 32.2. The van der Waals surface area contributed by atoms with Gasteiger partial charge in [-0.15, -0.1) is 0 Å². The van der Waals surface area contributed by atoms with Crippen molar-refractivity contribution in [2.24, 2.45) is 11.3 Å². The fraction of sp³-hybridized carbons (Fsp3) is 1.00. The second-order valence-electron chi connectivity index (χ2n) is 6.86. The molecule has 0 heterocycles. The third-order valence-corrected chi connectivity index (χ3v) is 5.02. The van der Waals surface area contributed by atoms with Gasteiger partial charge in [0.25, 0.3) is 10.1 Å². The molecule has 1 rings (SSSR count). The zero-order valence-corrected chi connectivity index (χ0v) is 13.3. The Hall–Kier alpha value is -0.130. The van der Waals surface area contributed by atoms with Gasteiger partial charge in [-0.05, 0) is 56.4 Å². The third kappa shape index (κ3) is 7.28. The van der Waals surface area contributed by atoms with Crippen molar-refractivity contribution in [3.05, 3.63) is 0 Å². The van der Waals surface area contributed by atoms with E-state index >= 15 is 0 Å². The predicted molar refractivity (Wildman–Crippen MR) is 78.9 cm³/mol. The maximum absolute atomic E-state index is 10.6. The Kier molecular flexibility index (Phi) is 6.27. The number of hydrogen-bond acceptors (Lipinski definition) is 3. The average Bonchev–Trinajstić information content (AvgIpc) is 2.26. The first kappa shape index (κ1) is 16.9. The second kappa shape index (κ2) is 7.04. The predicted octanol–water partition coefficient (Wildman–Crippen LogP) is 2.85. The minimum Gasteiger partial charge on any atom is -0.314 e. The molecule has 0 aromatic carbocycles. The van der Waals surface area contributed by atoms with Gasteiger partial charge in [0.1, 0.15) is 0 Å². The van der Waals surface area contributed by atoms with E-state index in [0.29, 0.717) is 17.9 Å². The highest BCUT2D eigenvalue weighted by molar-refractivity contribution is 7.85. The minimum atomic E-state index is -3.78. The molecule has 0 unspecified atom stereocenters. The van der Waals surface area contributed by atoms with Crippen LogP contribution in [0.2, 0.25) is 0 Å². The SMILES string of the molecule is CC(C)(C)C1CCC(NCCCCS(=O)(=O)O)CC1. The quantitative estimate of drug-likeness (QED) is 0.583. The Balaban J connectivity index is 2.10. The summed E-state index contributed by atoms with van der Waals surface area (Å²) < 4.78 is 29.7. The second-order valence-corrected chi connectivity index (χ2v) is 8.43. The summed E-state index contributed by atoms with van der Waals surface area (Å²) in [4.78, 5) is 0. The fourth-order valence-electron chi connectivity index (χ4n) is 2.88. The van der Waals surface area contributed by atoms with Gasteiger partial charge in [0, 0.05) is 6.04 Å². The van der Waals surface area contributed by atoms with Gasteiger partial charge in [0.2, 0.25) is 0 Å². The largest absolute Gasteiger partial charge is 0.314 e. The van der Waals surface area contributed by atoms with Crippen LogP contribution >= 0.6 is 0 Å². The molecule has 0 radical (unpaired) electrons. The molecule has 0 bridgehead atoms. The van der Waals surface area contributed by atoms with E-state index in [0.717, 1.165) is 18.9 Å². The molecule has 0 amide bonds. The molecule has 2 N–H and O–H groups in total. The minimum absolute atomic E-state index is 0.120. The van der Waals surface area contributed by atoms with Crippen LogP contribution in [0.3, 0.4) is 0 Å². The van der Waals surface area contributed by atoms with Crippen molar-refractivity contribution in [3.63, 3.8) is 0 Å². The molecule has 0 aromatic rings. The Morgan fingerprint density at radius 2 is 1.68 bits per heavy atom. The van der Waals surface area contributed by atoms with Crippen LogP contribution in [0.1, 0.15) is 59.3 Å². The molecule has 19 heavy (non-hydrogen) atoms. The van der Waals surface area contributed by atoms with Crippen LogP contribution in [-0.2, 0) is 10.1 Å². The van der Waals surface area contributed by atoms with Crippen LogP contribution < -0.4 is 5.32 Å². The molecular weight excluding hydrogens is 262 g/mol. The van der Waals surface area contributed by atoms with Crippen LogP contribution in [0.25, 0.3) is 0 Å². The van der Waals surface area contributed by atoms with E-state index in [-0.39, 0.29) is 5.75 Å². The van der Waals surface area contributed by atoms with Crippen molar-refractivity contribution in [1.29, 1.82) is 0 Å². The monoisotopic (exact) mass is 291 g/mol. The van der Waals surface area contributed by atoms with Crippen LogP contribution in [0.15, 0.2) is 0 Å². The number of hydrogen-bond donors (Lipinski definition) is 2. The molecule has 5 heteroatoms. The fourth-order valence-corrected chi connectivity index (χ4v) is 3.45. The van der Waals surface area contributed by atoms with E-state index in [4.69, 9.17) is 4.55 Å². The Labute approximate surface area is 118 Å². The molecular formula is C14H29NO3S. The first-order valence-electron chi connectivity index (χ1n) is 7.37. The highest BCUT2D eigenvalue weighted by Gasteiger charge is 2.29. The van der Waals surface area contributed by atoms with Crippen LogP contribution in [0, 0.1) is 11.3 Å². The van der Waals surface area contributed by atoms with Crippen molar-refractivity contribution in [2.75, 3.05) is 12.3 Å². The Morgan fingerprint density at radius 3 is 2.16 bits per heavy atom. The van der Waals surface area contributed by atoms with E-state index in [1.165, 1.54) is 25.7 Å². The molecule has 4 nitrogen and oxygen atoms in total. The van der Waals surface area contributed by atoms with Gasteiger partial charge in [0.15, 0.2) is 0 Å². The van der Waals surface area contributed by atoms with E-state index in [1.54, 1.807) is 0 Å². The van der Waals surface area contributed by atoms with Gasteiger partial charge in [-0.3, -0.25) is 4.55 Å². The van der Waals surface area contributed by atoms with Crippen molar-refractivity contribution in [3.8, 4) is 0 Å². The lowest BCUT2D eigenvalue weighted by molar-refractivity contribution is 0.160. The average molecular weight is 291 g/mol. The molecule has 114 valence electrons. The van der Waals surface area contributed by atoms with Crippen LogP contribution in [0.4, 0.5) is 0 Å². The summed E-state index contributed by atoms with van der Waals surface area (Å²) in [7, 11) is -3.78. The first-order chi connectivity index (χ1) is 8.68. The Bertz CT molecular complexity index is 351. The smallest absolute Gasteiger partial charge is 0.264 e. The van der Waals surface area contributed by atoms with Crippen molar-refractivity contribution >= 4 is 10.1 Å². The molecule has 1 aliphatic carbocycles. The summed E-state index contributed by atoms with van der Waals surface area (Å²) in [6.45, 7) is 7.81. The molecule has 1 saturated carbocycles. The van der Waals surface area contributed by atoms with Gasteiger partial charge < -0.3 is 5.32 Å². The summed E-state index contributed by atoms with van der Waals surface area (Å²) in [5, 5.41) is 3.50. The lowest BCUT2D eigenvalue weighted by Crippen LogP contribution is -2.36. The van der Waals surface area contributed by atoms with Crippen LogP contribution in [0.5, 0.6) is 0 Å². The topological polar surface area (TPSA) is 66.4 Å². The summed E-state index contributed by atoms with van der Waals surface area (Å²) in [6.07, 6.45) is 6.35. The molecule has 0 aliphatic heterocycles. The molecule has 0 saturated heterocycles. The van der Waals surface area contributed by atoms with Gasteiger partial charge in [-0.2, -0.15) is 8.42 Å². The molecule has 1 aliphatic rings. The zero-order chi connectivity index (χ0) is 14.5. The van der Waals surface area contributed by atoms with E-state index < -0.39 is 10.1 Å². The number of nitrogens with one attached hydrogen (secondary N) is 1. The molecule has 1 fully saturated rings. The van der Waals surface area contributed by atoms with Gasteiger partial charge in [0.05, 0.1) is 5.75 Å². The Morgan fingerprint density at radius 1 is 1.11 bits per heavy atom. The van der Waals surface area contributed by atoms with Crippen molar-refractivity contribution in [1.82, 2.24) is 5.32 Å². The van der Waals surface area contributed by atoms with Gasteiger partial charge >= 0.3 is 0 Å². The highest BCUT2D eigenvalue weighted by Crippen LogP contribution is 2.37. The maximum atomic E-state index is 10.6. The summed E-state index contributed by atoms with van der Waals surface area (Å²) in [5.74, 6) is 0.705. The van der Waals surface area contributed by atoms with Gasteiger partial charge in [-0.1, -0.05) is 20.8 Å². The number of unbranched alkanes of at least 4 members (excludes halogenated alkanes) is 1. The summed E-state index contributed by atoms with van der Waals surface area (Å²) in [6, 6.07) is 0.587. The van der Waals surface area contributed by atoms with Crippen LogP contribution in [-0.4, -0.2) is 31.3 Å². The van der Waals surface area contributed by atoms with E-state index in [9.17, 15) is 8.42 Å². The molecule has 0 atom stereocenters. The standard InChI is InChI=1S/C14H29NO3S/c1-14(2,3)12-6-8-13(9-7-12)15-10-4-5-11-19(16,17)18/h12-13,15H,4-11H2,1-3H3,(H,16,17,18). The maximum Gasteiger partial charge on any atom is 0.264 e. The van der Waals surface area contributed by atoms with Crippen molar-refractivity contribution < 1.29 is 13.0 Å². The van der Waals surface area contributed by atoms with E-state index in [2.05, 4.69) is 26.1 Å². The normalized spacial score (nSPS) is 25.5. The lowest BCUT2D eigenvalue weighted by atomic mass is 9.71. The van der Waals surface area contributed by atoms with Gasteiger partial charge in [-0.25, -0.2) is 0 Å². The first-order valence-corrected chi connectivity index (χ1v) is 8.98. The summed E-state index contributed by atoms with van der Waals surface area (Å²) >= 11 is 0. The molecule has 0 spiro atoms. The number of rotatable bonds is 6.